The van der Waals surface area contributed by atoms with Gasteiger partial charge in [-0.15, -0.1) is 0 Å². The van der Waals surface area contributed by atoms with Crippen LogP contribution in [0, 0.1) is 0 Å². The molecule has 0 bridgehead atoms. The van der Waals surface area contributed by atoms with E-state index in [0.29, 0.717) is 0 Å². The lowest BCUT2D eigenvalue weighted by Crippen LogP contribution is -2.09. The van der Waals surface area contributed by atoms with Crippen molar-refractivity contribution in [1.82, 2.24) is 4.57 Å². The summed E-state index contributed by atoms with van der Waals surface area (Å²) in [5, 5.41) is 2.57. The molecule has 0 atom stereocenters. The molecule has 0 spiro atoms. The molecule has 1 aliphatic rings. The number of hydrogen-bond donors (Lipinski definition) is 0. The largest absolute Gasteiger partial charge is 0.310 e. The van der Waals surface area contributed by atoms with Crippen molar-refractivity contribution >= 4 is 62.4 Å². The van der Waals surface area contributed by atoms with Gasteiger partial charge in [-0.1, -0.05) is 90.3 Å². The molecular formula is C36H24N2S2. The van der Waals surface area contributed by atoms with Crippen molar-refractivity contribution in [3.05, 3.63) is 146 Å². The maximum Gasteiger partial charge on any atom is 0.0553 e. The maximum atomic E-state index is 2.41. The number of aromatic nitrogens is 1. The van der Waals surface area contributed by atoms with Crippen LogP contribution in [-0.2, 0) is 0 Å². The highest BCUT2D eigenvalue weighted by atomic mass is 32.2. The zero-order valence-electron chi connectivity index (χ0n) is 21.6. The summed E-state index contributed by atoms with van der Waals surface area (Å²) in [7, 11) is 0. The van der Waals surface area contributed by atoms with E-state index in [2.05, 4.69) is 155 Å². The van der Waals surface area contributed by atoms with E-state index in [4.69, 9.17) is 0 Å². The fraction of sp³-hybridized carbons (Fsp3) is 0. The number of nitrogens with zero attached hydrogens (tertiary/aromatic N) is 2. The molecule has 190 valence electrons. The molecule has 0 fully saturated rings. The van der Waals surface area contributed by atoms with Crippen LogP contribution >= 0.6 is 23.5 Å². The highest BCUT2D eigenvalue weighted by molar-refractivity contribution is 8.05. The molecular weight excluding hydrogens is 525 g/mol. The van der Waals surface area contributed by atoms with Crippen molar-refractivity contribution in [2.75, 3.05) is 4.90 Å². The Morgan fingerprint density at radius 1 is 0.450 bits per heavy atom. The second-order valence-electron chi connectivity index (χ2n) is 9.82. The average Bonchev–Trinajstić information content (AvgIpc) is 3.36. The van der Waals surface area contributed by atoms with Gasteiger partial charge in [0.1, 0.15) is 0 Å². The minimum atomic E-state index is 1.14. The lowest BCUT2D eigenvalue weighted by atomic mass is 10.1. The van der Waals surface area contributed by atoms with Gasteiger partial charge in [0.25, 0.3) is 0 Å². The lowest BCUT2D eigenvalue weighted by Gasteiger charge is -2.25. The molecule has 2 heterocycles. The molecule has 0 saturated heterocycles. The number of anilines is 3. The van der Waals surface area contributed by atoms with E-state index in [0.717, 1.165) is 17.1 Å². The van der Waals surface area contributed by atoms with E-state index in [-0.39, 0.29) is 0 Å². The van der Waals surface area contributed by atoms with E-state index in [1.54, 1.807) is 0 Å². The Bertz CT molecular complexity index is 1960. The second kappa shape index (κ2) is 9.67. The van der Waals surface area contributed by atoms with Gasteiger partial charge < -0.3 is 9.47 Å². The standard InChI is InChI=1S/C36H24N2S2/c1-4-12-25(13-5-1)37(26-14-6-2-7-15-26)28-20-21-30-29(24-28)35-31(38(30)27-16-8-3-9-17-27)22-23-34-36(35)40-33-19-11-10-18-32(33)39-34/h1-24H. The van der Waals surface area contributed by atoms with Crippen LogP contribution in [0.5, 0.6) is 0 Å². The third kappa shape index (κ3) is 3.83. The topological polar surface area (TPSA) is 8.17 Å². The van der Waals surface area contributed by atoms with Crippen molar-refractivity contribution in [3.63, 3.8) is 0 Å². The van der Waals surface area contributed by atoms with Crippen molar-refractivity contribution in [2.24, 2.45) is 0 Å². The van der Waals surface area contributed by atoms with Crippen LogP contribution in [-0.4, -0.2) is 4.57 Å². The Morgan fingerprint density at radius 2 is 1.02 bits per heavy atom. The van der Waals surface area contributed by atoms with Crippen molar-refractivity contribution in [3.8, 4) is 5.69 Å². The van der Waals surface area contributed by atoms with Crippen molar-refractivity contribution < 1.29 is 0 Å². The molecule has 2 nitrogen and oxygen atoms in total. The predicted octanol–water partition coefficient (Wildman–Crippen LogP) is 10.9. The SMILES string of the molecule is c1ccc(N(c2ccccc2)c2ccc3c(c2)c2c4c(ccc2n3-c2ccccc2)Sc2ccccc2S4)cc1. The zero-order valence-corrected chi connectivity index (χ0v) is 23.2. The van der Waals surface area contributed by atoms with Crippen LogP contribution in [0.4, 0.5) is 17.1 Å². The molecule has 4 heteroatoms. The Kier molecular flexibility index (Phi) is 5.68. The summed E-state index contributed by atoms with van der Waals surface area (Å²) in [4.78, 5) is 7.64. The number of para-hydroxylation sites is 3. The second-order valence-corrected chi connectivity index (χ2v) is 12.0. The van der Waals surface area contributed by atoms with Crippen LogP contribution < -0.4 is 4.90 Å². The highest BCUT2D eigenvalue weighted by Crippen LogP contribution is 2.53. The zero-order chi connectivity index (χ0) is 26.5. The van der Waals surface area contributed by atoms with Crippen LogP contribution in [0.15, 0.2) is 165 Å². The number of hydrogen-bond acceptors (Lipinski definition) is 3. The number of fused-ring (bicyclic) bond motifs is 6. The van der Waals surface area contributed by atoms with Crippen molar-refractivity contribution in [1.29, 1.82) is 0 Å². The molecule has 8 rings (SSSR count). The van der Waals surface area contributed by atoms with Crippen LogP contribution in [0.25, 0.3) is 27.5 Å². The summed E-state index contributed by atoms with van der Waals surface area (Å²) >= 11 is 3.77. The van der Waals surface area contributed by atoms with E-state index >= 15 is 0 Å². The van der Waals surface area contributed by atoms with Crippen LogP contribution in [0.1, 0.15) is 0 Å². The molecule has 0 amide bonds. The monoisotopic (exact) mass is 548 g/mol. The molecule has 0 aliphatic carbocycles. The van der Waals surface area contributed by atoms with Gasteiger partial charge in [-0.25, -0.2) is 0 Å². The van der Waals surface area contributed by atoms with Crippen molar-refractivity contribution in [2.45, 2.75) is 19.6 Å². The Hall–Kier alpha value is -4.38. The Labute approximate surface area is 241 Å². The number of benzene rings is 6. The summed E-state index contributed by atoms with van der Waals surface area (Å²) in [5.74, 6) is 0. The molecule has 0 N–H and O–H groups in total. The first-order valence-corrected chi connectivity index (χ1v) is 15.0. The third-order valence-corrected chi connectivity index (χ3v) is 10.0. The predicted molar refractivity (Wildman–Crippen MR) is 170 cm³/mol. The summed E-state index contributed by atoms with van der Waals surface area (Å²) in [5.41, 5.74) is 7.04. The average molecular weight is 549 g/mol. The van der Waals surface area contributed by atoms with E-state index in [1.807, 2.05) is 23.5 Å². The minimum Gasteiger partial charge on any atom is -0.310 e. The molecule has 7 aromatic rings. The van der Waals surface area contributed by atoms with Gasteiger partial charge in [-0.2, -0.15) is 0 Å². The molecule has 0 unspecified atom stereocenters. The van der Waals surface area contributed by atoms with Gasteiger partial charge in [-0.3, -0.25) is 0 Å². The lowest BCUT2D eigenvalue weighted by molar-refractivity contribution is 1.15. The van der Waals surface area contributed by atoms with Gasteiger partial charge in [0.2, 0.25) is 0 Å². The molecule has 0 radical (unpaired) electrons. The highest BCUT2D eigenvalue weighted by Gasteiger charge is 2.24. The third-order valence-electron chi connectivity index (χ3n) is 7.41. The first-order valence-electron chi connectivity index (χ1n) is 13.4. The summed E-state index contributed by atoms with van der Waals surface area (Å²) < 4.78 is 2.41. The summed E-state index contributed by atoms with van der Waals surface area (Å²) in [6, 6.07) is 52.2. The van der Waals surface area contributed by atoms with Gasteiger partial charge >= 0.3 is 0 Å². The van der Waals surface area contributed by atoms with E-state index in [1.165, 1.54) is 47.1 Å². The molecule has 0 saturated carbocycles. The van der Waals surface area contributed by atoms with E-state index in [9.17, 15) is 0 Å². The van der Waals surface area contributed by atoms with Crippen LogP contribution in [0.3, 0.4) is 0 Å². The molecule has 40 heavy (non-hydrogen) atoms. The van der Waals surface area contributed by atoms with Gasteiger partial charge in [0.15, 0.2) is 0 Å². The summed E-state index contributed by atoms with van der Waals surface area (Å²) in [6.07, 6.45) is 0. The minimum absolute atomic E-state index is 1.14. The van der Waals surface area contributed by atoms with E-state index < -0.39 is 0 Å². The molecule has 6 aromatic carbocycles. The maximum absolute atomic E-state index is 2.41. The fourth-order valence-corrected chi connectivity index (χ4v) is 8.08. The molecule has 1 aliphatic heterocycles. The smallest absolute Gasteiger partial charge is 0.0553 e. The quantitative estimate of drug-likeness (QED) is 0.216. The fourth-order valence-electron chi connectivity index (χ4n) is 5.67. The first-order chi connectivity index (χ1) is 19.8. The Morgan fingerprint density at radius 3 is 1.70 bits per heavy atom. The number of rotatable bonds is 4. The van der Waals surface area contributed by atoms with Gasteiger partial charge in [-0.05, 0) is 78.9 Å². The van der Waals surface area contributed by atoms with Crippen LogP contribution in [0.2, 0.25) is 0 Å². The van der Waals surface area contributed by atoms with Gasteiger partial charge in [0.05, 0.1) is 11.0 Å². The normalized spacial score (nSPS) is 12.3. The molecule has 1 aromatic heterocycles. The van der Waals surface area contributed by atoms with Gasteiger partial charge in [0, 0.05) is 53.1 Å². The summed E-state index contributed by atoms with van der Waals surface area (Å²) in [6.45, 7) is 0. The Balaban J connectivity index is 1.43. The first kappa shape index (κ1) is 23.5.